The largest absolute Gasteiger partial charge is 0.396 e. The van der Waals surface area contributed by atoms with Crippen molar-refractivity contribution in [2.45, 2.75) is 52.6 Å². The number of aliphatic hydroxyl groups is 1. The van der Waals surface area contributed by atoms with Crippen LogP contribution in [0, 0.1) is 6.92 Å². The Morgan fingerprint density at radius 1 is 1.19 bits per heavy atom. The molecule has 0 aliphatic carbocycles. The van der Waals surface area contributed by atoms with E-state index in [-0.39, 0.29) is 6.61 Å². The van der Waals surface area contributed by atoms with E-state index < -0.39 is 0 Å². The molecule has 0 saturated carbocycles. The van der Waals surface area contributed by atoms with Gasteiger partial charge in [-0.05, 0) is 51.3 Å². The van der Waals surface area contributed by atoms with Gasteiger partial charge in [0.1, 0.15) is 0 Å². The van der Waals surface area contributed by atoms with Crippen LogP contribution < -0.4 is 5.32 Å². The zero-order valence-corrected chi connectivity index (χ0v) is 14.1. The lowest BCUT2D eigenvalue weighted by Gasteiger charge is -2.29. The van der Waals surface area contributed by atoms with Crippen LogP contribution in [0.15, 0.2) is 24.3 Å². The molecule has 1 aromatic carbocycles. The van der Waals surface area contributed by atoms with Crippen LogP contribution in [-0.4, -0.2) is 42.3 Å². The van der Waals surface area contributed by atoms with Crippen molar-refractivity contribution in [3.05, 3.63) is 35.4 Å². The van der Waals surface area contributed by atoms with E-state index in [2.05, 4.69) is 62.2 Å². The molecular formula is C18H32N2O. The summed E-state index contributed by atoms with van der Waals surface area (Å²) in [5.41, 5.74) is 2.76. The first-order chi connectivity index (χ1) is 10.1. The summed E-state index contributed by atoms with van der Waals surface area (Å²) in [4.78, 5) is 2.46. The molecule has 1 aromatic rings. The Morgan fingerprint density at radius 2 is 1.90 bits per heavy atom. The van der Waals surface area contributed by atoms with Crippen LogP contribution in [0.2, 0.25) is 0 Å². The highest BCUT2D eigenvalue weighted by molar-refractivity contribution is 5.28. The van der Waals surface area contributed by atoms with Crippen molar-refractivity contribution in [1.29, 1.82) is 0 Å². The minimum atomic E-state index is 0.275. The summed E-state index contributed by atoms with van der Waals surface area (Å²) in [6.07, 6.45) is 1.96. The summed E-state index contributed by atoms with van der Waals surface area (Å²) in [6, 6.07) is 9.58. The molecule has 0 spiro atoms. The first-order valence-corrected chi connectivity index (χ1v) is 8.24. The SMILES string of the molecule is CCNC(CCN(CCCO)C(C)C)c1ccccc1C. The average molecular weight is 292 g/mol. The van der Waals surface area contributed by atoms with Gasteiger partial charge in [-0.3, -0.25) is 0 Å². The molecular weight excluding hydrogens is 260 g/mol. The van der Waals surface area contributed by atoms with Gasteiger partial charge in [-0.2, -0.15) is 0 Å². The van der Waals surface area contributed by atoms with Crippen LogP contribution in [0.5, 0.6) is 0 Å². The van der Waals surface area contributed by atoms with Gasteiger partial charge in [-0.25, -0.2) is 0 Å². The van der Waals surface area contributed by atoms with Gasteiger partial charge in [0.2, 0.25) is 0 Å². The third-order valence-corrected chi connectivity index (χ3v) is 4.05. The molecule has 0 fully saturated rings. The summed E-state index contributed by atoms with van der Waals surface area (Å²) in [5.74, 6) is 0. The molecule has 0 aliphatic heterocycles. The average Bonchev–Trinajstić information content (AvgIpc) is 2.46. The van der Waals surface area contributed by atoms with Crippen molar-refractivity contribution in [2.75, 3.05) is 26.2 Å². The minimum absolute atomic E-state index is 0.275. The van der Waals surface area contributed by atoms with Crippen LogP contribution in [0.1, 0.15) is 50.8 Å². The summed E-state index contributed by atoms with van der Waals surface area (Å²) < 4.78 is 0. The smallest absolute Gasteiger partial charge is 0.0443 e. The second-order valence-electron chi connectivity index (χ2n) is 5.96. The van der Waals surface area contributed by atoms with Crippen LogP contribution >= 0.6 is 0 Å². The predicted molar refractivity (Wildman–Crippen MR) is 90.6 cm³/mol. The predicted octanol–water partition coefficient (Wildman–Crippen LogP) is 3.13. The van der Waals surface area contributed by atoms with E-state index in [1.165, 1.54) is 11.1 Å². The molecule has 0 amide bonds. The van der Waals surface area contributed by atoms with E-state index in [9.17, 15) is 0 Å². The Bertz CT molecular complexity index is 393. The van der Waals surface area contributed by atoms with Gasteiger partial charge >= 0.3 is 0 Å². The Balaban J connectivity index is 2.67. The highest BCUT2D eigenvalue weighted by atomic mass is 16.3. The number of nitrogens with zero attached hydrogens (tertiary/aromatic N) is 1. The number of aryl methyl sites for hydroxylation is 1. The van der Waals surface area contributed by atoms with Crippen LogP contribution in [0.4, 0.5) is 0 Å². The number of hydrogen-bond acceptors (Lipinski definition) is 3. The van der Waals surface area contributed by atoms with E-state index >= 15 is 0 Å². The standard InChI is InChI=1S/C18H32N2O/c1-5-19-18(17-10-7-6-9-16(17)4)11-13-20(15(2)3)12-8-14-21/h6-7,9-10,15,18-19,21H,5,8,11-14H2,1-4H3. The monoisotopic (exact) mass is 292 g/mol. The van der Waals surface area contributed by atoms with Crippen molar-refractivity contribution in [2.24, 2.45) is 0 Å². The van der Waals surface area contributed by atoms with Crippen LogP contribution in [0.25, 0.3) is 0 Å². The fourth-order valence-corrected chi connectivity index (χ4v) is 2.79. The quantitative estimate of drug-likeness (QED) is 0.695. The minimum Gasteiger partial charge on any atom is -0.396 e. The maximum atomic E-state index is 9.03. The summed E-state index contributed by atoms with van der Waals surface area (Å²) >= 11 is 0. The molecule has 1 unspecified atom stereocenters. The van der Waals surface area contributed by atoms with Crippen molar-refractivity contribution in [1.82, 2.24) is 10.2 Å². The number of aliphatic hydroxyl groups excluding tert-OH is 1. The maximum Gasteiger partial charge on any atom is 0.0443 e. The van der Waals surface area contributed by atoms with E-state index in [1.54, 1.807) is 0 Å². The fraction of sp³-hybridized carbons (Fsp3) is 0.667. The first-order valence-electron chi connectivity index (χ1n) is 8.24. The molecule has 120 valence electrons. The molecule has 2 N–H and O–H groups in total. The van der Waals surface area contributed by atoms with Crippen LogP contribution in [-0.2, 0) is 0 Å². The van der Waals surface area contributed by atoms with Crippen molar-refractivity contribution >= 4 is 0 Å². The maximum absolute atomic E-state index is 9.03. The number of benzene rings is 1. The zero-order valence-electron chi connectivity index (χ0n) is 14.1. The van der Waals surface area contributed by atoms with Crippen LogP contribution in [0.3, 0.4) is 0 Å². The molecule has 0 aliphatic rings. The van der Waals surface area contributed by atoms with Gasteiger partial charge in [-0.15, -0.1) is 0 Å². The Labute approximate surface area is 130 Å². The van der Waals surface area contributed by atoms with Crippen molar-refractivity contribution in [3.8, 4) is 0 Å². The molecule has 0 saturated heterocycles. The first kappa shape index (κ1) is 18.1. The normalized spacial score (nSPS) is 13.1. The molecule has 0 aromatic heterocycles. The van der Waals surface area contributed by atoms with E-state index in [0.29, 0.717) is 12.1 Å². The fourth-order valence-electron chi connectivity index (χ4n) is 2.79. The van der Waals surface area contributed by atoms with Gasteiger partial charge in [0.15, 0.2) is 0 Å². The molecule has 21 heavy (non-hydrogen) atoms. The van der Waals surface area contributed by atoms with Gasteiger partial charge in [0.05, 0.1) is 0 Å². The van der Waals surface area contributed by atoms with E-state index in [0.717, 1.165) is 32.5 Å². The van der Waals surface area contributed by atoms with Crippen molar-refractivity contribution in [3.63, 3.8) is 0 Å². The lowest BCUT2D eigenvalue weighted by molar-refractivity contribution is 0.184. The molecule has 0 bridgehead atoms. The molecule has 1 rings (SSSR count). The summed E-state index contributed by atoms with van der Waals surface area (Å²) in [5, 5.41) is 12.6. The Kier molecular flexibility index (Phi) is 8.58. The van der Waals surface area contributed by atoms with Gasteiger partial charge in [-0.1, -0.05) is 31.2 Å². The topological polar surface area (TPSA) is 35.5 Å². The molecule has 0 radical (unpaired) electrons. The molecule has 3 heteroatoms. The van der Waals surface area contributed by atoms with E-state index in [4.69, 9.17) is 5.11 Å². The molecule has 0 heterocycles. The number of hydrogen-bond donors (Lipinski definition) is 2. The summed E-state index contributed by atoms with van der Waals surface area (Å²) in [7, 11) is 0. The lowest BCUT2D eigenvalue weighted by Crippen LogP contribution is -2.35. The summed E-state index contributed by atoms with van der Waals surface area (Å²) in [6.45, 7) is 12.1. The zero-order chi connectivity index (χ0) is 15.7. The highest BCUT2D eigenvalue weighted by Gasteiger charge is 2.15. The Hall–Kier alpha value is -0.900. The van der Waals surface area contributed by atoms with Gasteiger partial charge < -0.3 is 15.3 Å². The second kappa shape index (κ2) is 9.93. The highest BCUT2D eigenvalue weighted by Crippen LogP contribution is 2.21. The van der Waals surface area contributed by atoms with Gasteiger partial charge in [0, 0.05) is 31.8 Å². The number of rotatable bonds is 10. The third-order valence-electron chi connectivity index (χ3n) is 4.05. The number of nitrogens with one attached hydrogen (secondary N) is 1. The van der Waals surface area contributed by atoms with E-state index in [1.807, 2.05) is 0 Å². The third kappa shape index (κ3) is 6.16. The van der Waals surface area contributed by atoms with Gasteiger partial charge in [0.25, 0.3) is 0 Å². The lowest BCUT2D eigenvalue weighted by atomic mass is 9.98. The molecule has 1 atom stereocenters. The Morgan fingerprint density at radius 3 is 2.48 bits per heavy atom. The van der Waals surface area contributed by atoms with Crippen molar-refractivity contribution < 1.29 is 5.11 Å². The second-order valence-corrected chi connectivity index (χ2v) is 5.96. The molecule has 3 nitrogen and oxygen atoms in total.